The van der Waals surface area contributed by atoms with E-state index in [-0.39, 0.29) is 5.54 Å². The molecule has 0 amide bonds. The zero-order chi connectivity index (χ0) is 14.6. The minimum absolute atomic E-state index is 0.0895. The summed E-state index contributed by atoms with van der Waals surface area (Å²) in [6, 6.07) is 3.84. The average molecular weight is 353 g/mol. The van der Waals surface area contributed by atoms with Crippen LogP contribution in [0.3, 0.4) is 0 Å². The molecule has 2 rings (SSSR count). The summed E-state index contributed by atoms with van der Waals surface area (Å²) in [5.41, 5.74) is 1.16. The van der Waals surface area contributed by atoms with E-state index in [1.54, 1.807) is 6.20 Å². The standard InChI is InChI=1S/C14H17BrN4S/c1-14(2,3)19-9-10-7-17-13(18-8-10)20-12-11(15)5-4-6-16-12/h4-8,19H,9H2,1-3H3. The molecule has 0 saturated heterocycles. The molecule has 0 fully saturated rings. The van der Waals surface area contributed by atoms with Crippen molar-refractivity contribution in [2.75, 3.05) is 0 Å². The Balaban J connectivity index is 2.00. The smallest absolute Gasteiger partial charge is 0.193 e. The number of nitrogens with one attached hydrogen (secondary N) is 1. The van der Waals surface area contributed by atoms with E-state index < -0.39 is 0 Å². The van der Waals surface area contributed by atoms with Gasteiger partial charge in [-0.05, 0) is 60.6 Å². The molecule has 0 unspecified atom stereocenters. The molecule has 6 heteroatoms. The van der Waals surface area contributed by atoms with E-state index in [0.29, 0.717) is 5.16 Å². The van der Waals surface area contributed by atoms with E-state index in [4.69, 9.17) is 0 Å². The predicted octanol–water partition coefficient (Wildman–Crippen LogP) is 3.67. The van der Waals surface area contributed by atoms with Crippen molar-refractivity contribution < 1.29 is 0 Å². The normalized spacial score (nSPS) is 11.6. The molecule has 1 N–H and O–H groups in total. The molecule has 0 aliphatic heterocycles. The third-order valence-corrected chi connectivity index (χ3v) is 4.23. The van der Waals surface area contributed by atoms with Gasteiger partial charge in [0.25, 0.3) is 0 Å². The fraction of sp³-hybridized carbons (Fsp3) is 0.357. The summed E-state index contributed by atoms with van der Waals surface area (Å²) in [6.45, 7) is 7.17. The monoisotopic (exact) mass is 352 g/mol. The fourth-order valence-electron chi connectivity index (χ4n) is 1.39. The molecule has 0 bridgehead atoms. The Morgan fingerprint density at radius 3 is 2.50 bits per heavy atom. The summed E-state index contributed by atoms with van der Waals surface area (Å²) < 4.78 is 0.951. The summed E-state index contributed by atoms with van der Waals surface area (Å²) in [6.07, 6.45) is 5.46. The fourth-order valence-corrected chi connectivity index (χ4v) is 2.55. The SMILES string of the molecule is CC(C)(C)NCc1cnc(Sc2ncccc2Br)nc1. The van der Waals surface area contributed by atoms with Crippen LogP contribution in [0.2, 0.25) is 0 Å². The first-order valence-electron chi connectivity index (χ1n) is 6.28. The highest BCUT2D eigenvalue weighted by atomic mass is 79.9. The van der Waals surface area contributed by atoms with Gasteiger partial charge in [0.05, 0.1) is 4.47 Å². The molecule has 4 nitrogen and oxygen atoms in total. The number of pyridine rings is 1. The van der Waals surface area contributed by atoms with Crippen LogP contribution >= 0.6 is 27.7 Å². The topological polar surface area (TPSA) is 50.7 Å². The van der Waals surface area contributed by atoms with Crippen molar-refractivity contribution in [2.24, 2.45) is 0 Å². The summed E-state index contributed by atoms with van der Waals surface area (Å²) in [5, 5.41) is 4.98. The molecule has 106 valence electrons. The Hall–Kier alpha value is -0.980. The third-order valence-electron chi connectivity index (χ3n) is 2.42. The van der Waals surface area contributed by atoms with E-state index in [1.165, 1.54) is 11.8 Å². The van der Waals surface area contributed by atoms with Gasteiger partial charge in [-0.15, -0.1) is 0 Å². The first-order chi connectivity index (χ1) is 9.44. The van der Waals surface area contributed by atoms with Crippen molar-refractivity contribution in [2.45, 2.75) is 43.0 Å². The van der Waals surface area contributed by atoms with Crippen LogP contribution in [-0.2, 0) is 6.54 Å². The van der Waals surface area contributed by atoms with Crippen LogP contribution in [0.15, 0.2) is 45.4 Å². The van der Waals surface area contributed by atoms with Crippen LogP contribution in [0.1, 0.15) is 26.3 Å². The Kier molecular flexibility index (Phi) is 5.12. The molecule has 0 aromatic carbocycles. The zero-order valence-corrected chi connectivity index (χ0v) is 14.1. The van der Waals surface area contributed by atoms with Gasteiger partial charge in [-0.2, -0.15) is 0 Å². The lowest BCUT2D eigenvalue weighted by Gasteiger charge is -2.20. The van der Waals surface area contributed by atoms with Crippen molar-refractivity contribution in [3.8, 4) is 0 Å². The molecule has 0 spiro atoms. The summed E-state index contributed by atoms with van der Waals surface area (Å²) in [5.74, 6) is 0. The van der Waals surface area contributed by atoms with Crippen molar-refractivity contribution in [3.05, 3.63) is 40.8 Å². The minimum atomic E-state index is 0.0895. The maximum atomic E-state index is 4.37. The second-order valence-electron chi connectivity index (χ2n) is 5.37. The number of nitrogens with zero attached hydrogens (tertiary/aromatic N) is 3. The molecular weight excluding hydrogens is 336 g/mol. The zero-order valence-electron chi connectivity index (χ0n) is 11.7. The number of rotatable bonds is 4. The first kappa shape index (κ1) is 15.4. The maximum absolute atomic E-state index is 4.37. The first-order valence-corrected chi connectivity index (χ1v) is 7.89. The highest BCUT2D eigenvalue weighted by Gasteiger charge is 2.09. The van der Waals surface area contributed by atoms with Crippen molar-refractivity contribution in [1.29, 1.82) is 0 Å². The quantitative estimate of drug-likeness (QED) is 0.850. The summed E-state index contributed by atoms with van der Waals surface area (Å²) in [4.78, 5) is 13.0. The van der Waals surface area contributed by atoms with E-state index in [2.05, 4.69) is 57.0 Å². The van der Waals surface area contributed by atoms with Crippen LogP contribution < -0.4 is 5.32 Å². The van der Waals surface area contributed by atoms with Crippen LogP contribution in [0.5, 0.6) is 0 Å². The van der Waals surface area contributed by atoms with Gasteiger partial charge in [0.15, 0.2) is 5.16 Å². The van der Waals surface area contributed by atoms with Gasteiger partial charge in [0.2, 0.25) is 0 Å². The van der Waals surface area contributed by atoms with Crippen molar-refractivity contribution in [1.82, 2.24) is 20.3 Å². The van der Waals surface area contributed by atoms with Gasteiger partial charge in [0, 0.05) is 36.2 Å². The van der Waals surface area contributed by atoms with Gasteiger partial charge in [-0.1, -0.05) is 0 Å². The molecule has 2 aromatic rings. The predicted molar refractivity (Wildman–Crippen MR) is 84.7 cm³/mol. The summed E-state index contributed by atoms with van der Waals surface area (Å²) >= 11 is 4.91. The van der Waals surface area contributed by atoms with Gasteiger partial charge < -0.3 is 5.32 Å². The van der Waals surface area contributed by atoms with E-state index in [0.717, 1.165) is 21.6 Å². The van der Waals surface area contributed by atoms with Gasteiger partial charge in [-0.3, -0.25) is 0 Å². The largest absolute Gasteiger partial charge is 0.308 e. The van der Waals surface area contributed by atoms with Crippen molar-refractivity contribution >= 4 is 27.7 Å². The Labute approximate surface area is 132 Å². The van der Waals surface area contributed by atoms with Crippen molar-refractivity contribution in [3.63, 3.8) is 0 Å². The molecule has 0 radical (unpaired) electrons. The molecule has 20 heavy (non-hydrogen) atoms. The second kappa shape index (κ2) is 6.65. The molecule has 2 aromatic heterocycles. The molecule has 0 saturated carbocycles. The van der Waals surface area contributed by atoms with Crippen LogP contribution in [0.4, 0.5) is 0 Å². The molecule has 0 aliphatic rings. The molecule has 2 heterocycles. The van der Waals surface area contributed by atoms with Crippen LogP contribution in [-0.4, -0.2) is 20.5 Å². The maximum Gasteiger partial charge on any atom is 0.193 e. The molecule has 0 aliphatic carbocycles. The Morgan fingerprint density at radius 2 is 1.90 bits per heavy atom. The average Bonchev–Trinajstić information content (AvgIpc) is 2.40. The second-order valence-corrected chi connectivity index (χ2v) is 7.18. The van der Waals surface area contributed by atoms with Gasteiger partial charge in [-0.25, -0.2) is 15.0 Å². The highest BCUT2D eigenvalue weighted by molar-refractivity contribution is 9.10. The van der Waals surface area contributed by atoms with E-state index in [9.17, 15) is 0 Å². The lowest BCUT2D eigenvalue weighted by atomic mass is 10.1. The number of aromatic nitrogens is 3. The van der Waals surface area contributed by atoms with E-state index >= 15 is 0 Å². The molecular formula is C14H17BrN4S. The van der Waals surface area contributed by atoms with Crippen LogP contribution in [0, 0.1) is 0 Å². The highest BCUT2D eigenvalue weighted by Crippen LogP contribution is 2.28. The number of hydrogen-bond acceptors (Lipinski definition) is 5. The lowest BCUT2D eigenvalue weighted by molar-refractivity contribution is 0.423. The van der Waals surface area contributed by atoms with Gasteiger partial charge >= 0.3 is 0 Å². The van der Waals surface area contributed by atoms with E-state index in [1.807, 2.05) is 24.5 Å². The summed E-state index contributed by atoms with van der Waals surface area (Å²) in [7, 11) is 0. The number of hydrogen-bond donors (Lipinski definition) is 1. The minimum Gasteiger partial charge on any atom is -0.308 e. The Bertz CT molecular complexity index is 566. The molecule has 0 atom stereocenters. The lowest BCUT2D eigenvalue weighted by Crippen LogP contribution is -2.35. The van der Waals surface area contributed by atoms with Crippen LogP contribution in [0.25, 0.3) is 0 Å². The Morgan fingerprint density at radius 1 is 1.20 bits per heavy atom. The third kappa shape index (κ3) is 4.85. The van der Waals surface area contributed by atoms with Gasteiger partial charge in [0.1, 0.15) is 5.03 Å². The number of halogens is 1.